The Balaban J connectivity index is 1.75. The predicted octanol–water partition coefficient (Wildman–Crippen LogP) is 3.51. The van der Waals surface area contributed by atoms with E-state index >= 15 is 0 Å². The number of rotatable bonds is 9. The Morgan fingerprint density at radius 2 is 1.91 bits per heavy atom. The van der Waals surface area contributed by atoms with E-state index in [-0.39, 0.29) is 0 Å². The topological polar surface area (TPSA) is 58.6 Å². The van der Waals surface area contributed by atoms with Crippen LogP contribution >= 0.6 is 0 Å². The highest BCUT2D eigenvalue weighted by atomic mass is 16.5. The van der Waals surface area contributed by atoms with Crippen LogP contribution in [0.3, 0.4) is 0 Å². The van der Waals surface area contributed by atoms with Crippen molar-refractivity contribution in [1.29, 1.82) is 0 Å². The molecule has 0 spiro atoms. The minimum atomic E-state index is -0.894. The molecule has 2 rings (SSSR count). The maximum atomic E-state index is 10.8. The van der Waals surface area contributed by atoms with Crippen LogP contribution in [0.4, 0.5) is 0 Å². The molecular weight excluding hydrogens is 290 g/mol. The molecule has 0 saturated carbocycles. The zero-order valence-electron chi connectivity index (χ0n) is 13.4. The van der Waals surface area contributed by atoms with Gasteiger partial charge in [0.1, 0.15) is 5.75 Å². The minimum absolute atomic E-state index is 0.317. The van der Waals surface area contributed by atoms with E-state index in [4.69, 9.17) is 9.84 Å². The molecule has 2 aromatic carbocycles. The zero-order valence-corrected chi connectivity index (χ0v) is 13.4. The number of aromatic carboxylic acids is 1. The molecule has 122 valence electrons. The van der Waals surface area contributed by atoms with Crippen molar-refractivity contribution < 1.29 is 14.6 Å². The molecule has 0 amide bonds. The lowest BCUT2D eigenvalue weighted by Gasteiger charge is -2.08. The third-order valence-corrected chi connectivity index (χ3v) is 3.49. The van der Waals surface area contributed by atoms with Crippen LogP contribution in [-0.4, -0.2) is 24.2 Å². The van der Waals surface area contributed by atoms with Crippen LogP contribution in [-0.2, 0) is 13.0 Å². The SMILES string of the molecule is CCCOc1cccc(CCNCc2ccc(C(=O)O)cc2)c1. The minimum Gasteiger partial charge on any atom is -0.494 e. The summed E-state index contributed by atoms with van der Waals surface area (Å²) in [6.45, 7) is 4.43. The average Bonchev–Trinajstić information content (AvgIpc) is 2.57. The Labute approximate surface area is 137 Å². The van der Waals surface area contributed by atoms with Gasteiger partial charge in [-0.25, -0.2) is 4.79 Å². The lowest BCUT2D eigenvalue weighted by atomic mass is 10.1. The standard InChI is InChI=1S/C19H23NO3/c1-2-12-23-18-5-3-4-15(13-18)10-11-20-14-16-6-8-17(9-7-16)19(21)22/h3-9,13,20H,2,10-12,14H2,1H3,(H,21,22). The number of hydrogen-bond donors (Lipinski definition) is 2. The lowest BCUT2D eigenvalue weighted by molar-refractivity contribution is 0.0697. The summed E-state index contributed by atoms with van der Waals surface area (Å²) in [6.07, 6.45) is 1.93. The number of carboxylic acids is 1. The first-order valence-electron chi connectivity index (χ1n) is 7.93. The van der Waals surface area contributed by atoms with E-state index < -0.39 is 5.97 Å². The van der Waals surface area contributed by atoms with E-state index in [0.29, 0.717) is 5.56 Å². The van der Waals surface area contributed by atoms with Crippen LogP contribution in [0.1, 0.15) is 34.8 Å². The van der Waals surface area contributed by atoms with Crippen molar-refractivity contribution in [3.63, 3.8) is 0 Å². The van der Waals surface area contributed by atoms with Gasteiger partial charge in [0, 0.05) is 6.54 Å². The third kappa shape index (κ3) is 5.75. The van der Waals surface area contributed by atoms with Gasteiger partial charge in [-0.2, -0.15) is 0 Å². The Kier molecular flexibility index (Phi) is 6.63. The molecule has 2 aromatic rings. The summed E-state index contributed by atoms with van der Waals surface area (Å²) in [4.78, 5) is 10.8. The van der Waals surface area contributed by atoms with E-state index in [0.717, 1.165) is 43.9 Å². The molecule has 0 aliphatic carbocycles. The van der Waals surface area contributed by atoms with Crippen LogP contribution < -0.4 is 10.1 Å². The molecule has 0 saturated heterocycles. The van der Waals surface area contributed by atoms with Crippen molar-refractivity contribution in [2.24, 2.45) is 0 Å². The summed E-state index contributed by atoms with van der Waals surface area (Å²) >= 11 is 0. The number of ether oxygens (including phenoxy) is 1. The Bertz CT molecular complexity index is 623. The second kappa shape index (κ2) is 8.96. The van der Waals surface area contributed by atoms with Crippen molar-refractivity contribution in [3.8, 4) is 5.75 Å². The van der Waals surface area contributed by atoms with E-state index in [9.17, 15) is 4.79 Å². The average molecular weight is 313 g/mol. The predicted molar refractivity (Wildman–Crippen MR) is 91.0 cm³/mol. The number of carboxylic acid groups (broad SMARTS) is 1. The summed E-state index contributed by atoms with van der Waals surface area (Å²) in [5, 5.41) is 12.2. The number of hydrogen-bond acceptors (Lipinski definition) is 3. The monoisotopic (exact) mass is 313 g/mol. The quantitative estimate of drug-likeness (QED) is 0.696. The van der Waals surface area contributed by atoms with Crippen molar-refractivity contribution in [2.75, 3.05) is 13.2 Å². The summed E-state index contributed by atoms with van der Waals surface area (Å²) in [5.41, 5.74) is 2.64. The van der Waals surface area contributed by atoms with Crippen molar-refractivity contribution >= 4 is 5.97 Å². The van der Waals surface area contributed by atoms with E-state index in [2.05, 4.69) is 24.4 Å². The highest BCUT2D eigenvalue weighted by Crippen LogP contribution is 2.14. The maximum Gasteiger partial charge on any atom is 0.335 e. The Morgan fingerprint density at radius 1 is 1.13 bits per heavy atom. The summed E-state index contributed by atoms with van der Waals surface area (Å²) in [6, 6.07) is 15.1. The maximum absolute atomic E-state index is 10.8. The number of nitrogens with one attached hydrogen (secondary N) is 1. The number of carbonyl (C=O) groups is 1. The zero-order chi connectivity index (χ0) is 16.5. The summed E-state index contributed by atoms with van der Waals surface area (Å²) < 4.78 is 5.63. The van der Waals surface area contributed by atoms with Gasteiger partial charge in [0.25, 0.3) is 0 Å². The van der Waals surface area contributed by atoms with Crippen LogP contribution in [0.25, 0.3) is 0 Å². The smallest absolute Gasteiger partial charge is 0.335 e. The second-order valence-corrected chi connectivity index (χ2v) is 5.42. The largest absolute Gasteiger partial charge is 0.494 e. The van der Waals surface area contributed by atoms with E-state index in [1.54, 1.807) is 12.1 Å². The van der Waals surface area contributed by atoms with E-state index in [1.807, 2.05) is 24.3 Å². The first kappa shape index (κ1) is 17.0. The molecule has 4 heteroatoms. The molecule has 4 nitrogen and oxygen atoms in total. The van der Waals surface area contributed by atoms with Gasteiger partial charge >= 0.3 is 5.97 Å². The molecule has 0 heterocycles. The lowest BCUT2D eigenvalue weighted by Crippen LogP contribution is -2.16. The van der Waals surface area contributed by atoms with Crippen molar-refractivity contribution in [2.45, 2.75) is 26.3 Å². The number of benzene rings is 2. The first-order chi connectivity index (χ1) is 11.2. The Morgan fingerprint density at radius 3 is 2.61 bits per heavy atom. The Hall–Kier alpha value is -2.33. The molecule has 23 heavy (non-hydrogen) atoms. The van der Waals surface area contributed by atoms with Gasteiger partial charge < -0.3 is 15.2 Å². The van der Waals surface area contributed by atoms with Gasteiger partial charge in [-0.1, -0.05) is 31.2 Å². The van der Waals surface area contributed by atoms with Gasteiger partial charge in [-0.05, 0) is 54.8 Å². The van der Waals surface area contributed by atoms with Gasteiger partial charge in [0.2, 0.25) is 0 Å². The molecule has 0 fully saturated rings. The van der Waals surface area contributed by atoms with Crippen LogP contribution in [0.2, 0.25) is 0 Å². The highest BCUT2D eigenvalue weighted by Gasteiger charge is 2.01. The highest BCUT2D eigenvalue weighted by molar-refractivity contribution is 5.87. The molecular formula is C19H23NO3. The molecule has 0 unspecified atom stereocenters. The fourth-order valence-electron chi connectivity index (χ4n) is 2.24. The van der Waals surface area contributed by atoms with Gasteiger partial charge in [-0.15, -0.1) is 0 Å². The van der Waals surface area contributed by atoms with E-state index in [1.165, 1.54) is 5.56 Å². The fourth-order valence-corrected chi connectivity index (χ4v) is 2.24. The molecule has 0 bridgehead atoms. The normalized spacial score (nSPS) is 10.5. The second-order valence-electron chi connectivity index (χ2n) is 5.42. The molecule has 2 N–H and O–H groups in total. The molecule has 0 aliphatic heterocycles. The van der Waals surface area contributed by atoms with Crippen LogP contribution in [0.15, 0.2) is 48.5 Å². The van der Waals surface area contributed by atoms with Crippen LogP contribution in [0.5, 0.6) is 5.75 Å². The van der Waals surface area contributed by atoms with Crippen molar-refractivity contribution in [1.82, 2.24) is 5.32 Å². The van der Waals surface area contributed by atoms with Crippen LogP contribution in [0, 0.1) is 0 Å². The van der Waals surface area contributed by atoms with Gasteiger partial charge in [0.05, 0.1) is 12.2 Å². The van der Waals surface area contributed by atoms with Crippen molar-refractivity contribution in [3.05, 3.63) is 65.2 Å². The van der Waals surface area contributed by atoms with Gasteiger partial charge in [-0.3, -0.25) is 0 Å². The first-order valence-corrected chi connectivity index (χ1v) is 7.93. The third-order valence-electron chi connectivity index (χ3n) is 3.49. The molecule has 0 aliphatic rings. The molecule has 0 radical (unpaired) electrons. The fraction of sp³-hybridized carbons (Fsp3) is 0.316. The van der Waals surface area contributed by atoms with Gasteiger partial charge in [0.15, 0.2) is 0 Å². The molecule has 0 atom stereocenters. The molecule has 0 aromatic heterocycles. The summed E-state index contributed by atoms with van der Waals surface area (Å²) in [5.74, 6) is 0.0308. The summed E-state index contributed by atoms with van der Waals surface area (Å²) in [7, 11) is 0.